The first-order valence-electron chi connectivity index (χ1n) is 8.22. The minimum atomic E-state index is -0.179. The topological polar surface area (TPSA) is 30.5 Å². The number of nitrogens with one attached hydrogen (secondary N) is 1. The summed E-state index contributed by atoms with van der Waals surface area (Å²) in [7, 11) is 0. The molecule has 0 aliphatic carbocycles. The molecule has 0 aromatic heterocycles. The molecule has 3 nitrogen and oxygen atoms in total. The van der Waals surface area contributed by atoms with E-state index in [9.17, 15) is 0 Å². The predicted molar refractivity (Wildman–Crippen MR) is 93.1 cm³/mol. The molecule has 23 heavy (non-hydrogen) atoms. The molecule has 1 atom stereocenters. The van der Waals surface area contributed by atoms with Gasteiger partial charge in [0.2, 0.25) is 0 Å². The molecule has 2 aromatic carbocycles. The fraction of sp³-hybridized carbons (Fsp3) is 0.400. The molecule has 1 heterocycles. The average Bonchev–Trinajstić information content (AvgIpc) is 2.52. The summed E-state index contributed by atoms with van der Waals surface area (Å²) in [6.07, 6.45) is 1.02. The number of hydrogen-bond acceptors (Lipinski definition) is 3. The Labute approximate surface area is 138 Å². The van der Waals surface area contributed by atoms with Crippen LogP contribution in [0.2, 0.25) is 0 Å². The minimum Gasteiger partial charge on any atom is -0.492 e. The van der Waals surface area contributed by atoms with Gasteiger partial charge in [-0.1, -0.05) is 24.3 Å². The normalized spacial score (nSPS) is 17.4. The van der Waals surface area contributed by atoms with Crippen molar-refractivity contribution in [2.45, 2.75) is 45.4 Å². The van der Waals surface area contributed by atoms with Crippen molar-refractivity contribution in [2.75, 3.05) is 6.61 Å². The summed E-state index contributed by atoms with van der Waals surface area (Å²) in [5.41, 5.74) is 2.64. The van der Waals surface area contributed by atoms with E-state index in [0.29, 0.717) is 12.6 Å². The summed E-state index contributed by atoms with van der Waals surface area (Å²) in [6, 6.07) is 16.8. The van der Waals surface area contributed by atoms with Gasteiger partial charge in [0.25, 0.3) is 0 Å². The fourth-order valence-electron chi connectivity index (χ4n) is 2.79. The van der Waals surface area contributed by atoms with E-state index in [0.717, 1.165) is 24.5 Å². The first-order chi connectivity index (χ1) is 11.0. The molecule has 1 N–H and O–H groups in total. The molecule has 0 bridgehead atoms. The van der Waals surface area contributed by atoms with Crippen molar-refractivity contribution in [3.63, 3.8) is 0 Å². The van der Waals surface area contributed by atoms with Crippen LogP contribution in [0.25, 0.3) is 0 Å². The summed E-state index contributed by atoms with van der Waals surface area (Å²) >= 11 is 0. The van der Waals surface area contributed by atoms with Crippen LogP contribution in [-0.2, 0) is 13.0 Å². The molecule has 2 aromatic rings. The summed E-state index contributed by atoms with van der Waals surface area (Å²) in [4.78, 5) is 0. The largest absolute Gasteiger partial charge is 0.492 e. The maximum absolute atomic E-state index is 5.93. The van der Waals surface area contributed by atoms with E-state index in [2.05, 4.69) is 29.6 Å². The molecular formula is C20H25NO2. The molecule has 0 saturated carbocycles. The number of rotatable bonds is 4. The third-order valence-electron chi connectivity index (χ3n) is 3.86. The summed E-state index contributed by atoms with van der Waals surface area (Å²) < 4.78 is 11.7. The van der Waals surface area contributed by atoms with Gasteiger partial charge in [-0.3, -0.25) is 0 Å². The molecule has 0 spiro atoms. The number of benzene rings is 2. The van der Waals surface area contributed by atoms with Crippen molar-refractivity contribution in [1.29, 1.82) is 0 Å². The van der Waals surface area contributed by atoms with E-state index < -0.39 is 0 Å². The second kappa shape index (κ2) is 6.63. The van der Waals surface area contributed by atoms with Gasteiger partial charge in [-0.15, -0.1) is 0 Å². The molecule has 0 amide bonds. The van der Waals surface area contributed by atoms with Crippen molar-refractivity contribution in [1.82, 2.24) is 5.32 Å². The van der Waals surface area contributed by atoms with Crippen molar-refractivity contribution in [2.24, 2.45) is 0 Å². The maximum Gasteiger partial charge on any atom is 0.120 e. The van der Waals surface area contributed by atoms with Crippen LogP contribution in [0.15, 0.2) is 48.5 Å². The third kappa shape index (κ3) is 4.49. The van der Waals surface area contributed by atoms with Crippen LogP contribution in [0.3, 0.4) is 0 Å². The van der Waals surface area contributed by atoms with Crippen LogP contribution in [0.5, 0.6) is 11.5 Å². The summed E-state index contributed by atoms with van der Waals surface area (Å²) in [5, 5.41) is 3.54. The third-order valence-corrected chi connectivity index (χ3v) is 3.86. The smallest absolute Gasteiger partial charge is 0.120 e. The molecular weight excluding hydrogens is 286 g/mol. The van der Waals surface area contributed by atoms with Gasteiger partial charge in [-0.2, -0.15) is 0 Å². The Morgan fingerprint density at radius 3 is 2.30 bits per heavy atom. The second-order valence-corrected chi connectivity index (χ2v) is 7.05. The highest BCUT2D eigenvalue weighted by Gasteiger charge is 2.18. The lowest BCUT2D eigenvalue weighted by Crippen LogP contribution is -2.39. The van der Waals surface area contributed by atoms with Gasteiger partial charge in [0.05, 0.1) is 0 Å². The minimum absolute atomic E-state index is 0.179. The van der Waals surface area contributed by atoms with Crippen molar-refractivity contribution in [3.05, 3.63) is 59.7 Å². The van der Waals surface area contributed by atoms with E-state index >= 15 is 0 Å². The zero-order valence-electron chi connectivity index (χ0n) is 14.1. The van der Waals surface area contributed by atoms with E-state index in [1.54, 1.807) is 0 Å². The van der Waals surface area contributed by atoms with Crippen LogP contribution in [0, 0.1) is 0 Å². The van der Waals surface area contributed by atoms with Crippen LogP contribution in [0.1, 0.15) is 31.9 Å². The van der Waals surface area contributed by atoms with E-state index in [4.69, 9.17) is 9.47 Å². The lowest BCUT2D eigenvalue weighted by Gasteiger charge is -2.26. The van der Waals surface area contributed by atoms with Crippen molar-refractivity contribution in [3.8, 4) is 11.5 Å². The van der Waals surface area contributed by atoms with Crippen molar-refractivity contribution >= 4 is 0 Å². The van der Waals surface area contributed by atoms with Gasteiger partial charge < -0.3 is 14.8 Å². The Bertz CT molecular complexity index is 643. The summed E-state index contributed by atoms with van der Waals surface area (Å²) in [5.74, 6) is 1.75. The van der Waals surface area contributed by atoms with E-state index in [1.165, 1.54) is 11.1 Å². The van der Waals surface area contributed by atoms with Gasteiger partial charge >= 0.3 is 0 Å². The second-order valence-electron chi connectivity index (χ2n) is 7.05. The average molecular weight is 311 g/mol. The first-order valence-corrected chi connectivity index (χ1v) is 8.22. The maximum atomic E-state index is 5.93. The molecule has 0 radical (unpaired) electrons. The monoisotopic (exact) mass is 311 g/mol. The molecule has 1 aliphatic heterocycles. The molecule has 3 rings (SSSR count). The number of fused-ring (bicyclic) bond motifs is 1. The van der Waals surface area contributed by atoms with Gasteiger partial charge in [0.15, 0.2) is 0 Å². The van der Waals surface area contributed by atoms with Gasteiger partial charge in [0.1, 0.15) is 23.7 Å². The van der Waals surface area contributed by atoms with Crippen LogP contribution >= 0.6 is 0 Å². The van der Waals surface area contributed by atoms with Crippen LogP contribution in [0.4, 0.5) is 0 Å². The Morgan fingerprint density at radius 1 is 0.957 bits per heavy atom. The summed E-state index contributed by atoms with van der Waals surface area (Å²) in [6.45, 7) is 7.73. The standard InChI is InChI=1S/C20H25NO2/c1-20(2,3)23-19-10-8-18(9-11-19)22-14-17-12-15-6-4-5-7-16(15)13-21-17/h4-11,17,21H,12-14H2,1-3H3/t17-/m0/s1. The molecule has 122 valence electrons. The highest BCUT2D eigenvalue weighted by molar-refractivity contribution is 5.32. The lowest BCUT2D eigenvalue weighted by atomic mass is 9.96. The van der Waals surface area contributed by atoms with Gasteiger partial charge in [-0.05, 0) is 62.6 Å². The van der Waals surface area contributed by atoms with Gasteiger partial charge in [-0.25, -0.2) is 0 Å². The SMILES string of the molecule is CC(C)(C)Oc1ccc(OC[C@@H]2Cc3ccccc3CN2)cc1. The number of ether oxygens (including phenoxy) is 2. The Morgan fingerprint density at radius 2 is 1.61 bits per heavy atom. The highest BCUT2D eigenvalue weighted by atomic mass is 16.5. The molecule has 0 unspecified atom stereocenters. The highest BCUT2D eigenvalue weighted by Crippen LogP contribution is 2.22. The van der Waals surface area contributed by atoms with Crippen LogP contribution in [-0.4, -0.2) is 18.2 Å². The molecule has 3 heteroatoms. The lowest BCUT2D eigenvalue weighted by molar-refractivity contribution is 0.130. The quantitative estimate of drug-likeness (QED) is 0.927. The Hall–Kier alpha value is -2.00. The number of hydrogen-bond donors (Lipinski definition) is 1. The molecule has 0 saturated heterocycles. The van der Waals surface area contributed by atoms with Crippen LogP contribution < -0.4 is 14.8 Å². The van der Waals surface area contributed by atoms with E-state index in [-0.39, 0.29) is 5.60 Å². The molecule has 0 fully saturated rings. The fourth-order valence-corrected chi connectivity index (χ4v) is 2.79. The Kier molecular flexibility index (Phi) is 4.58. The van der Waals surface area contributed by atoms with E-state index in [1.807, 2.05) is 45.0 Å². The predicted octanol–water partition coefficient (Wildman–Crippen LogP) is 3.96. The molecule has 1 aliphatic rings. The van der Waals surface area contributed by atoms with Gasteiger partial charge in [0, 0.05) is 12.6 Å². The zero-order valence-corrected chi connectivity index (χ0v) is 14.1. The Balaban J connectivity index is 1.53. The zero-order chi connectivity index (χ0) is 16.3. The van der Waals surface area contributed by atoms with Crippen molar-refractivity contribution < 1.29 is 9.47 Å². The first kappa shape index (κ1) is 15.9.